The Kier molecular flexibility index (Phi) is 8.83. The Bertz CT molecular complexity index is 867. The SMILES string of the molecule is CCOC(=O)c1ccc(NC(=O)CN(CC)CC(=O)Nc2ccccc2OC)cc1. The number of esters is 1. The minimum absolute atomic E-state index is 0.0511. The Labute approximate surface area is 176 Å². The summed E-state index contributed by atoms with van der Waals surface area (Å²) in [6.07, 6.45) is 0. The van der Waals surface area contributed by atoms with Gasteiger partial charge in [-0.05, 0) is 49.9 Å². The van der Waals surface area contributed by atoms with E-state index >= 15 is 0 Å². The van der Waals surface area contributed by atoms with Gasteiger partial charge in [0.05, 0.1) is 38.1 Å². The summed E-state index contributed by atoms with van der Waals surface area (Å²) >= 11 is 0. The van der Waals surface area contributed by atoms with Gasteiger partial charge >= 0.3 is 5.97 Å². The first-order chi connectivity index (χ1) is 14.5. The number of ether oxygens (including phenoxy) is 2. The average Bonchev–Trinajstić information content (AvgIpc) is 2.74. The van der Waals surface area contributed by atoms with Gasteiger partial charge in [0.25, 0.3) is 0 Å². The van der Waals surface area contributed by atoms with Crippen LogP contribution in [0.25, 0.3) is 0 Å². The maximum absolute atomic E-state index is 12.4. The van der Waals surface area contributed by atoms with E-state index in [1.807, 2.05) is 13.0 Å². The Balaban J connectivity index is 1.88. The van der Waals surface area contributed by atoms with Crippen molar-refractivity contribution in [2.45, 2.75) is 13.8 Å². The number of likely N-dealkylation sites (N-methyl/N-ethyl adjacent to an activating group) is 1. The van der Waals surface area contributed by atoms with Crippen LogP contribution in [0.2, 0.25) is 0 Å². The van der Waals surface area contributed by atoms with Crippen LogP contribution in [0, 0.1) is 0 Å². The zero-order chi connectivity index (χ0) is 21.9. The third-order valence-electron chi connectivity index (χ3n) is 4.24. The van der Waals surface area contributed by atoms with Gasteiger partial charge < -0.3 is 20.1 Å². The van der Waals surface area contributed by atoms with Crippen molar-refractivity contribution in [3.8, 4) is 5.75 Å². The van der Waals surface area contributed by atoms with Crippen molar-refractivity contribution in [1.82, 2.24) is 4.90 Å². The van der Waals surface area contributed by atoms with Gasteiger partial charge in [-0.3, -0.25) is 14.5 Å². The molecule has 160 valence electrons. The topological polar surface area (TPSA) is 97.0 Å². The number of nitrogens with one attached hydrogen (secondary N) is 2. The van der Waals surface area contributed by atoms with Crippen molar-refractivity contribution in [3.05, 3.63) is 54.1 Å². The third-order valence-corrected chi connectivity index (χ3v) is 4.24. The fourth-order valence-electron chi connectivity index (χ4n) is 2.73. The number of benzene rings is 2. The molecular weight excluding hydrogens is 386 g/mol. The molecule has 0 aromatic heterocycles. The number of carbonyl (C=O) groups excluding carboxylic acids is 3. The van der Waals surface area contributed by atoms with Crippen LogP contribution in [-0.2, 0) is 14.3 Å². The second kappa shape index (κ2) is 11.6. The maximum Gasteiger partial charge on any atom is 0.338 e. The van der Waals surface area contributed by atoms with Crippen molar-refractivity contribution in [3.63, 3.8) is 0 Å². The molecule has 2 aromatic rings. The predicted octanol–water partition coefficient (Wildman–Crippen LogP) is 2.77. The van der Waals surface area contributed by atoms with Crippen LogP contribution in [-0.4, -0.2) is 56.0 Å². The number of nitrogens with zero attached hydrogens (tertiary/aromatic N) is 1. The first-order valence-electron chi connectivity index (χ1n) is 9.69. The van der Waals surface area contributed by atoms with Crippen LogP contribution in [0.1, 0.15) is 24.2 Å². The summed E-state index contributed by atoms with van der Waals surface area (Å²) in [5.74, 6) is -0.342. The molecule has 2 rings (SSSR count). The quantitative estimate of drug-likeness (QED) is 0.582. The molecule has 0 saturated carbocycles. The lowest BCUT2D eigenvalue weighted by Crippen LogP contribution is -2.38. The van der Waals surface area contributed by atoms with E-state index in [0.29, 0.717) is 35.8 Å². The monoisotopic (exact) mass is 413 g/mol. The van der Waals surface area contributed by atoms with Crippen LogP contribution >= 0.6 is 0 Å². The maximum atomic E-state index is 12.4. The zero-order valence-corrected chi connectivity index (χ0v) is 17.4. The van der Waals surface area contributed by atoms with Gasteiger partial charge in [0, 0.05) is 5.69 Å². The van der Waals surface area contributed by atoms with Crippen LogP contribution in [0.3, 0.4) is 0 Å². The molecule has 0 aliphatic carbocycles. The molecule has 0 aliphatic heterocycles. The predicted molar refractivity (Wildman–Crippen MR) is 115 cm³/mol. The van der Waals surface area contributed by atoms with Crippen molar-refractivity contribution in [2.24, 2.45) is 0 Å². The Morgan fingerprint density at radius 3 is 2.13 bits per heavy atom. The molecule has 0 heterocycles. The van der Waals surface area contributed by atoms with Gasteiger partial charge in [0.2, 0.25) is 11.8 Å². The summed E-state index contributed by atoms with van der Waals surface area (Å²) in [4.78, 5) is 38.1. The van der Waals surface area contributed by atoms with E-state index in [4.69, 9.17) is 9.47 Å². The first kappa shape index (κ1) is 22.9. The van der Waals surface area contributed by atoms with E-state index in [-0.39, 0.29) is 24.9 Å². The molecule has 0 unspecified atom stereocenters. The molecule has 8 nitrogen and oxygen atoms in total. The van der Waals surface area contributed by atoms with Gasteiger partial charge in [-0.1, -0.05) is 19.1 Å². The molecule has 0 spiro atoms. The fourth-order valence-corrected chi connectivity index (χ4v) is 2.73. The second-order valence-electron chi connectivity index (χ2n) is 6.40. The highest BCUT2D eigenvalue weighted by molar-refractivity contribution is 5.96. The molecule has 2 N–H and O–H groups in total. The number of hydrogen-bond acceptors (Lipinski definition) is 6. The number of carbonyl (C=O) groups is 3. The molecular formula is C22H27N3O5. The Hall–Kier alpha value is -3.39. The molecule has 0 bridgehead atoms. The standard InChI is InChI=1S/C22H27N3O5/c1-4-25(15-21(27)24-18-8-6-7-9-19(18)29-3)14-20(26)23-17-12-10-16(11-13-17)22(28)30-5-2/h6-13H,4-5,14-15H2,1-3H3,(H,23,26)(H,24,27). The number of anilines is 2. The summed E-state index contributed by atoms with van der Waals surface area (Å²) in [6.45, 7) is 4.54. The number of hydrogen-bond donors (Lipinski definition) is 2. The van der Waals surface area contributed by atoms with Crippen LogP contribution in [0.15, 0.2) is 48.5 Å². The lowest BCUT2D eigenvalue weighted by Gasteiger charge is -2.20. The molecule has 0 fully saturated rings. The van der Waals surface area contributed by atoms with Gasteiger partial charge in [-0.25, -0.2) is 4.79 Å². The van der Waals surface area contributed by atoms with E-state index in [1.54, 1.807) is 54.3 Å². The van der Waals surface area contributed by atoms with E-state index < -0.39 is 5.97 Å². The summed E-state index contributed by atoms with van der Waals surface area (Å²) in [5, 5.41) is 5.56. The molecule has 0 radical (unpaired) electrons. The van der Waals surface area contributed by atoms with Gasteiger partial charge in [0.15, 0.2) is 0 Å². The summed E-state index contributed by atoms with van der Waals surface area (Å²) in [6, 6.07) is 13.6. The lowest BCUT2D eigenvalue weighted by molar-refractivity contribution is -0.119. The van der Waals surface area contributed by atoms with Crippen molar-refractivity contribution in [2.75, 3.05) is 44.0 Å². The van der Waals surface area contributed by atoms with E-state index in [9.17, 15) is 14.4 Å². The third kappa shape index (κ3) is 6.89. The average molecular weight is 413 g/mol. The molecule has 30 heavy (non-hydrogen) atoms. The smallest absolute Gasteiger partial charge is 0.338 e. The van der Waals surface area contributed by atoms with E-state index in [0.717, 1.165) is 0 Å². The largest absolute Gasteiger partial charge is 0.495 e. The van der Waals surface area contributed by atoms with Crippen LogP contribution < -0.4 is 15.4 Å². The van der Waals surface area contributed by atoms with Crippen molar-refractivity contribution in [1.29, 1.82) is 0 Å². The summed E-state index contributed by atoms with van der Waals surface area (Å²) in [5.41, 5.74) is 1.55. The molecule has 0 aliphatic rings. The van der Waals surface area contributed by atoms with Gasteiger partial charge in [0.1, 0.15) is 5.75 Å². The molecule has 8 heteroatoms. The van der Waals surface area contributed by atoms with E-state index in [1.165, 1.54) is 7.11 Å². The van der Waals surface area contributed by atoms with Crippen LogP contribution in [0.5, 0.6) is 5.75 Å². The summed E-state index contributed by atoms with van der Waals surface area (Å²) in [7, 11) is 1.53. The van der Waals surface area contributed by atoms with Crippen LogP contribution in [0.4, 0.5) is 11.4 Å². The van der Waals surface area contributed by atoms with Crippen molar-refractivity contribution >= 4 is 29.2 Å². The van der Waals surface area contributed by atoms with Gasteiger partial charge in [-0.15, -0.1) is 0 Å². The minimum Gasteiger partial charge on any atom is -0.495 e. The number of rotatable bonds is 10. The Morgan fingerprint density at radius 1 is 0.900 bits per heavy atom. The normalized spacial score (nSPS) is 10.4. The second-order valence-corrected chi connectivity index (χ2v) is 6.40. The fraction of sp³-hybridized carbons (Fsp3) is 0.318. The zero-order valence-electron chi connectivity index (χ0n) is 17.4. The molecule has 0 saturated heterocycles. The highest BCUT2D eigenvalue weighted by Gasteiger charge is 2.15. The molecule has 0 atom stereocenters. The minimum atomic E-state index is -0.409. The van der Waals surface area contributed by atoms with Crippen molar-refractivity contribution < 1.29 is 23.9 Å². The summed E-state index contributed by atoms with van der Waals surface area (Å²) < 4.78 is 10.2. The molecule has 2 aromatic carbocycles. The number of methoxy groups -OCH3 is 1. The van der Waals surface area contributed by atoms with E-state index in [2.05, 4.69) is 10.6 Å². The van der Waals surface area contributed by atoms with Gasteiger partial charge in [-0.2, -0.15) is 0 Å². The number of para-hydroxylation sites is 2. The lowest BCUT2D eigenvalue weighted by atomic mass is 10.2. The highest BCUT2D eigenvalue weighted by Crippen LogP contribution is 2.22. The molecule has 2 amide bonds. The number of amides is 2. The highest BCUT2D eigenvalue weighted by atomic mass is 16.5. The Morgan fingerprint density at radius 2 is 1.53 bits per heavy atom. The first-order valence-corrected chi connectivity index (χ1v) is 9.69.